The Labute approximate surface area is 138 Å². The molecule has 0 N–H and O–H groups in total. The van der Waals surface area contributed by atoms with Gasteiger partial charge in [-0.25, -0.2) is 0 Å². The van der Waals surface area contributed by atoms with E-state index in [1.807, 2.05) is 36.9 Å². The SMILES string of the molecule is CCOc1ccc(C(=O)N2CCC(=C3CC3)CC2)cc1OCC. The predicted molar refractivity (Wildman–Crippen MR) is 90.2 cm³/mol. The second kappa shape index (κ2) is 7.07. The second-order valence-electron chi connectivity index (χ2n) is 6.03. The highest BCUT2D eigenvalue weighted by atomic mass is 16.5. The van der Waals surface area contributed by atoms with Crippen LogP contribution in [-0.4, -0.2) is 37.1 Å². The number of piperidine rings is 1. The van der Waals surface area contributed by atoms with Gasteiger partial charge >= 0.3 is 0 Å². The van der Waals surface area contributed by atoms with Gasteiger partial charge in [-0.3, -0.25) is 4.79 Å². The molecule has 23 heavy (non-hydrogen) atoms. The molecule has 1 amide bonds. The molecule has 0 unspecified atom stereocenters. The molecule has 1 saturated heterocycles. The van der Waals surface area contributed by atoms with E-state index in [-0.39, 0.29) is 5.91 Å². The van der Waals surface area contributed by atoms with Crippen LogP contribution in [0, 0.1) is 0 Å². The second-order valence-corrected chi connectivity index (χ2v) is 6.03. The van der Waals surface area contributed by atoms with Gasteiger partial charge in [0.25, 0.3) is 5.91 Å². The topological polar surface area (TPSA) is 38.8 Å². The molecule has 1 heterocycles. The minimum atomic E-state index is 0.0915. The number of hydrogen-bond donors (Lipinski definition) is 0. The summed E-state index contributed by atoms with van der Waals surface area (Å²) in [5.74, 6) is 1.44. The molecule has 124 valence electrons. The fourth-order valence-corrected chi connectivity index (χ4v) is 3.12. The maximum absolute atomic E-state index is 12.7. The number of ether oxygens (including phenoxy) is 2. The third-order valence-electron chi connectivity index (χ3n) is 4.44. The molecule has 0 spiro atoms. The van der Waals surface area contributed by atoms with E-state index in [4.69, 9.17) is 9.47 Å². The Balaban J connectivity index is 1.71. The first-order chi connectivity index (χ1) is 11.2. The highest BCUT2D eigenvalue weighted by molar-refractivity contribution is 5.95. The fraction of sp³-hybridized carbons (Fsp3) is 0.526. The van der Waals surface area contributed by atoms with Gasteiger partial charge in [-0.1, -0.05) is 11.1 Å². The third kappa shape index (κ3) is 3.69. The normalized spacial score (nSPS) is 17.2. The van der Waals surface area contributed by atoms with Crippen LogP contribution in [0.3, 0.4) is 0 Å². The van der Waals surface area contributed by atoms with E-state index >= 15 is 0 Å². The van der Waals surface area contributed by atoms with Crippen LogP contribution >= 0.6 is 0 Å². The van der Waals surface area contributed by atoms with E-state index in [1.54, 1.807) is 11.1 Å². The zero-order valence-corrected chi connectivity index (χ0v) is 14.1. The van der Waals surface area contributed by atoms with Crippen LogP contribution in [0.5, 0.6) is 11.5 Å². The Kier molecular flexibility index (Phi) is 4.89. The van der Waals surface area contributed by atoms with Crippen LogP contribution in [0.25, 0.3) is 0 Å². The smallest absolute Gasteiger partial charge is 0.254 e. The maximum Gasteiger partial charge on any atom is 0.254 e. The lowest BCUT2D eigenvalue weighted by atomic mass is 10.0. The lowest BCUT2D eigenvalue weighted by Gasteiger charge is -2.29. The molecule has 3 rings (SSSR count). The van der Waals surface area contributed by atoms with E-state index in [0.29, 0.717) is 30.3 Å². The van der Waals surface area contributed by atoms with Crippen molar-refractivity contribution in [2.24, 2.45) is 0 Å². The van der Waals surface area contributed by atoms with E-state index in [2.05, 4.69) is 0 Å². The summed E-state index contributed by atoms with van der Waals surface area (Å²) >= 11 is 0. The predicted octanol–water partition coefficient (Wildman–Crippen LogP) is 3.81. The number of carbonyl (C=O) groups excluding carboxylic acids is 1. The lowest BCUT2D eigenvalue weighted by molar-refractivity contribution is 0.0743. The number of benzene rings is 1. The number of carbonyl (C=O) groups is 1. The monoisotopic (exact) mass is 315 g/mol. The van der Waals surface area contributed by atoms with Gasteiger partial charge < -0.3 is 14.4 Å². The maximum atomic E-state index is 12.7. The number of allylic oxidation sites excluding steroid dienone is 1. The molecule has 2 aliphatic rings. The summed E-state index contributed by atoms with van der Waals surface area (Å²) in [6, 6.07) is 5.49. The molecule has 4 nitrogen and oxygen atoms in total. The minimum absolute atomic E-state index is 0.0915. The number of amides is 1. The van der Waals surface area contributed by atoms with Gasteiger partial charge in [0.1, 0.15) is 0 Å². The Hall–Kier alpha value is -1.97. The third-order valence-corrected chi connectivity index (χ3v) is 4.44. The average molecular weight is 315 g/mol. The van der Waals surface area contributed by atoms with Crippen molar-refractivity contribution in [3.8, 4) is 11.5 Å². The molecule has 0 radical (unpaired) electrons. The molecule has 1 aromatic rings. The van der Waals surface area contributed by atoms with Crippen molar-refractivity contribution in [2.45, 2.75) is 39.5 Å². The Morgan fingerprint density at radius 1 is 0.957 bits per heavy atom. The van der Waals surface area contributed by atoms with Crippen molar-refractivity contribution < 1.29 is 14.3 Å². The van der Waals surface area contributed by atoms with Crippen molar-refractivity contribution in [3.05, 3.63) is 34.9 Å². The Morgan fingerprint density at radius 2 is 1.57 bits per heavy atom. The molecule has 2 fully saturated rings. The van der Waals surface area contributed by atoms with Crippen LogP contribution < -0.4 is 9.47 Å². The van der Waals surface area contributed by atoms with Crippen LogP contribution in [-0.2, 0) is 0 Å². The molecule has 1 saturated carbocycles. The summed E-state index contributed by atoms with van der Waals surface area (Å²) in [5.41, 5.74) is 3.91. The highest BCUT2D eigenvalue weighted by Crippen LogP contribution is 2.36. The van der Waals surface area contributed by atoms with Crippen LogP contribution in [0.1, 0.15) is 49.9 Å². The summed E-state index contributed by atoms with van der Waals surface area (Å²) < 4.78 is 11.2. The number of nitrogens with zero attached hydrogens (tertiary/aromatic N) is 1. The van der Waals surface area contributed by atoms with Gasteiger partial charge in [0, 0.05) is 18.7 Å². The largest absolute Gasteiger partial charge is 0.490 e. The van der Waals surface area contributed by atoms with Gasteiger partial charge in [0.2, 0.25) is 0 Å². The van der Waals surface area contributed by atoms with Gasteiger partial charge in [0.15, 0.2) is 11.5 Å². The van der Waals surface area contributed by atoms with Crippen molar-refractivity contribution in [3.63, 3.8) is 0 Å². The molecule has 1 aliphatic heterocycles. The molecule has 4 heteroatoms. The summed E-state index contributed by atoms with van der Waals surface area (Å²) in [5, 5.41) is 0. The molecular weight excluding hydrogens is 290 g/mol. The highest BCUT2D eigenvalue weighted by Gasteiger charge is 2.25. The van der Waals surface area contributed by atoms with Crippen molar-refractivity contribution in [1.29, 1.82) is 0 Å². The molecule has 0 aromatic heterocycles. The van der Waals surface area contributed by atoms with Crippen molar-refractivity contribution >= 4 is 5.91 Å². The van der Waals surface area contributed by atoms with Crippen LogP contribution in [0.2, 0.25) is 0 Å². The summed E-state index contributed by atoms with van der Waals surface area (Å²) in [6.07, 6.45) is 4.63. The van der Waals surface area contributed by atoms with Gasteiger partial charge in [-0.05, 0) is 57.7 Å². The van der Waals surface area contributed by atoms with Crippen molar-refractivity contribution in [1.82, 2.24) is 4.90 Å². The fourth-order valence-electron chi connectivity index (χ4n) is 3.12. The summed E-state index contributed by atoms with van der Waals surface area (Å²) in [7, 11) is 0. The zero-order valence-electron chi connectivity index (χ0n) is 14.1. The quantitative estimate of drug-likeness (QED) is 0.776. The molecule has 1 aromatic carbocycles. The van der Waals surface area contributed by atoms with Crippen LogP contribution in [0.4, 0.5) is 0 Å². The first-order valence-corrected chi connectivity index (χ1v) is 8.61. The standard InChI is InChI=1S/C19H25NO3/c1-3-22-17-8-7-16(13-18(17)23-4-2)19(21)20-11-9-15(10-12-20)14-5-6-14/h7-8,13H,3-6,9-12H2,1-2H3. The first-order valence-electron chi connectivity index (χ1n) is 8.61. The number of likely N-dealkylation sites (tertiary alicyclic amines) is 1. The number of rotatable bonds is 5. The van der Waals surface area contributed by atoms with Crippen molar-refractivity contribution in [2.75, 3.05) is 26.3 Å². The van der Waals surface area contributed by atoms with Gasteiger partial charge in [0.05, 0.1) is 13.2 Å². The van der Waals surface area contributed by atoms with Crippen LogP contribution in [0.15, 0.2) is 29.3 Å². The van der Waals surface area contributed by atoms with Gasteiger partial charge in [-0.2, -0.15) is 0 Å². The van der Waals surface area contributed by atoms with Gasteiger partial charge in [-0.15, -0.1) is 0 Å². The summed E-state index contributed by atoms with van der Waals surface area (Å²) in [4.78, 5) is 14.7. The molecule has 1 aliphatic carbocycles. The molecule has 0 atom stereocenters. The zero-order chi connectivity index (χ0) is 16.2. The van der Waals surface area contributed by atoms with E-state index in [9.17, 15) is 4.79 Å². The van der Waals surface area contributed by atoms with E-state index in [0.717, 1.165) is 25.9 Å². The molecular formula is C19H25NO3. The lowest BCUT2D eigenvalue weighted by Crippen LogP contribution is -2.36. The Morgan fingerprint density at radius 3 is 2.17 bits per heavy atom. The number of hydrogen-bond acceptors (Lipinski definition) is 3. The minimum Gasteiger partial charge on any atom is -0.490 e. The molecule has 0 bridgehead atoms. The summed E-state index contributed by atoms with van der Waals surface area (Å²) in [6.45, 7) is 6.66. The first kappa shape index (κ1) is 15.9. The van der Waals surface area contributed by atoms with E-state index in [1.165, 1.54) is 12.8 Å². The average Bonchev–Trinajstić information content (AvgIpc) is 3.41. The van der Waals surface area contributed by atoms with E-state index < -0.39 is 0 Å². The Bertz CT molecular complexity index is 605.